The summed E-state index contributed by atoms with van der Waals surface area (Å²) in [5, 5.41) is 0. The van der Waals surface area contributed by atoms with E-state index in [-0.39, 0.29) is 0 Å². The Kier molecular flexibility index (Phi) is 4.44. The van der Waals surface area contributed by atoms with Crippen molar-refractivity contribution in [2.75, 3.05) is 23.7 Å². The number of nitrogen functional groups attached to an aromatic ring is 1. The molecule has 0 bridgehead atoms. The van der Waals surface area contributed by atoms with Gasteiger partial charge in [-0.05, 0) is 48.8 Å². The van der Waals surface area contributed by atoms with Gasteiger partial charge in [-0.25, -0.2) is 0 Å². The van der Waals surface area contributed by atoms with Gasteiger partial charge < -0.3 is 10.6 Å². The highest BCUT2D eigenvalue weighted by atomic mass is 79.9. The number of halogens is 1. The molecular formula is C16H25BrN2. The largest absolute Gasteiger partial charge is 0.397 e. The molecule has 1 atom stereocenters. The molecule has 106 valence electrons. The van der Waals surface area contributed by atoms with Gasteiger partial charge in [0.15, 0.2) is 0 Å². The van der Waals surface area contributed by atoms with E-state index in [1.54, 1.807) is 0 Å². The average Bonchev–Trinajstić information content (AvgIpc) is 2.57. The fourth-order valence-electron chi connectivity index (χ4n) is 2.99. The molecule has 1 saturated heterocycles. The number of nitrogens with two attached hydrogens (primary N) is 1. The van der Waals surface area contributed by atoms with Crippen LogP contribution in [0.4, 0.5) is 11.4 Å². The van der Waals surface area contributed by atoms with Crippen molar-refractivity contribution in [3.63, 3.8) is 0 Å². The van der Waals surface area contributed by atoms with Gasteiger partial charge in [-0.1, -0.05) is 36.7 Å². The first-order valence-electron chi connectivity index (χ1n) is 7.18. The maximum absolute atomic E-state index is 6.13. The van der Waals surface area contributed by atoms with Crippen LogP contribution in [0.2, 0.25) is 0 Å². The summed E-state index contributed by atoms with van der Waals surface area (Å²) in [6, 6.07) is 6.15. The summed E-state index contributed by atoms with van der Waals surface area (Å²) in [7, 11) is 0. The quantitative estimate of drug-likeness (QED) is 0.759. The molecule has 1 unspecified atom stereocenters. The van der Waals surface area contributed by atoms with Crippen molar-refractivity contribution in [3.05, 3.63) is 22.7 Å². The Balaban J connectivity index is 2.13. The van der Waals surface area contributed by atoms with Crippen LogP contribution in [0.15, 0.2) is 22.7 Å². The summed E-state index contributed by atoms with van der Waals surface area (Å²) in [5.74, 6) is 0.811. The molecule has 1 fully saturated rings. The van der Waals surface area contributed by atoms with Gasteiger partial charge >= 0.3 is 0 Å². The lowest BCUT2D eigenvalue weighted by atomic mass is 9.77. The van der Waals surface area contributed by atoms with Gasteiger partial charge in [-0.2, -0.15) is 0 Å². The van der Waals surface area contributed by atoms with E-state index < -0.39 is 0 Å². The van der Waals surface area contributed by atoms with Crippen LogP contribution in [0.1, 0.15) is 40.0 Å². The van der Waals surface area contributed by atoms with Crippen LogP contribution in [0.25, 0.3) is 0 Å². The first-order valence-corrected chi connectivity index (χ1v) is 7.97. The highest BCUT2D eigenvalue weighted by molar-refractivity contribution is 9.10. The Bertz CT molecular complexity index is 437. The Morgan fingerprint density at radius 3 is 2.63 bits per heavy atom. The Morgan fingerprint density at radius 2 is 1.95 bits per heavy atom. The second kappa shape index (κ2) is 5.74. The molecular weight excluding hydrogens is 300 g/mol. The van der Waals surface area contributed by atoms with Crippen LogP contribution in [0.3, 0.4) is 0 Å². The summed E-state index contributed by atoms with van der Waals surface area (Å²) >= 11 is 3.54. The minimum atomic E-state index is 0.416. The number of anilines is 2. The van der Waals surface area contributed by atoms with Gasteiger partial charge in [-0.3, -0.25) is 0 Å². The predicted molar refractivity (Wildman–Crippen MR) is 87.6 cm³/mol. The Labute approximate surface area is 125 Å². The fraction of sp³-hybridized carbons (Fsp3) is 0.625. The van der Waals surface area contributed by atoms with E-state index in [9.17, 15) is 0 Å². The van der Waals surface area contributed by atoms with E-state index in [0.717, 1.165) is 29.2 Å². The molecule has 2 nitrogen and oxygen atoms in total. The summed E-state index contributed by atoms with van der Waals surface area (Å²) in [5.41, 5.74) is 8.62. The predicted octanol–water partition coefficient (Wildman–Crippen LogP) is 4.68. The summed E-state index contributed by atoms with van der Waals surface area (Å²) < 4.78 is 1.10. The molecule has 0 aromatic heterocycles. The van der Waals surface area contributed by atoms with Gasteiger partial charge in [0.1, 0.15) is 0 Å². The van der Waals surface area contributed by atoms with Crippen molar-refractivity contribution in [3.8, 4) is 0 Å². The van der Waals surface area contributed by atoms with Crippen LogP contribution in [0.5, 0.6) is 0 Å². The molecule has 0 radical (unpaired) electrons. The third kappa shape index (κ3) is 3.65. The molecule has 1 aliphatic heterocycles. The van der Waals surface area contributed by atoms with Crippen molar-refractivity contribution >= 4 is 27.3 Å². The molecule has 2 N–H and O–H groups in total. The van der Waals surface area contributed by atoms with Crippen molar-refractivity contribution in [2.45, 2.75) is 40.0 Å². The molecule has 3 heteroatoms. The number of hydrogen-bond acceptors (Lipinski definition) is 2. The summed E-state index contributed by atoms with van der Waals surface area (Å²) in [4.78, 5) is 2.45. The SMILES string of the molecule is CC(C)(C)C1CCCN(c2cc(Br)ccc2N)CC1. The molecule has 0 saturated carbocycles. The monoisotopic (exact) mass is 324 g/mol. The van der Waals surface area contributed by atoms with E-state index in [0.29, 0.717) is 5.41 Å². The molecule has 1 aromatic carbocycles. The zero-order chi connectivity index (χ0) is 14.0. The van der Waals surface area contributed by atoms with Gasteiger partial charge in [0.2, 0.25) is 0 Å². The van der Waals surface area contributed by atoms with Crippen LogP contribution in [-0.4, -0.2) is 13.1 Å². The van der Waals surface area contributed by atoms with Gasteiger partial charge in [-0.15, -0.1) is 0 Å². The van der Waals surface area contributed by atoms with Gasteiger partial charge in [0, 0.05) is 17.6 Å². The molecule has 0 aliphatic carbocycles. The molecule has 1 heterocycles. The first kappa shape index (κ1) is 14.7. The summed E-state index contributed by atoms with van der Waals surface area (Å²) in [6.07, 6.45) is 3.84. The van der Waals surface area contributed by atoms with E-state index in [4.69, 9.17) is 5.73 Å². The molecule has 2 rings (SSSR count). The average molecular weight is 325 g/mol. The zero-order valence-corrected chi connectivity index (χ0v) is 13.8. The van der Waals surface area contributed by atoms with Crippen molar-refractivity contribution in [1.29, 1.82) is 0 Å². The lowest BCUT2D eigenvalue weighted by Crippen LogP contribution is -2.26. The van der Waals surface area contributed by atoms with Gasteiger partial charge in [0.05, 0.1) is 11.4 Å². The normalized spacial score (nSPS) is 21.3. The molecule has 1 aromatic rings. The second-order valence-corrected chi connectivity index (χ2v) is 7.60. The highest BCUT2D eigenvalue weighted by Gasteiger charge is 2.27. The van der Waals surface area contributed by atoms with Crippen LogP contribution < -0.4 is 10.6 Å². The maximum Gasteiger partial charge on any atom is 0.0611 e. The van der Waals surface area contributed by atoms with Crippen molar-refractivity contribution in [2.24, 2.45) is 11.3 Å². The van der Waals surface area contributed by atoms with Crippen LogP contribution >= 0.6 is 15.9 Å². The minimum Gasteiger partial charge on any atom is -0.397 e. The topological polar surface area (TPSA) is 29.3 Å². The number of benzene rings is 1. The Hall–Kier alpha value is -0.700. The lowest BCUT2D eigenvalue weighted by Gasteiger charge is -2.30. The van der Waals surface area contributed by atoms with E-state index in [1.165, 1.54) is 24.9 Å². The number of rotatable bonds is 1. The molecule has 0 amide bonds. The fourth-order valence-corrected chi connectivity index (χ4v) is 3.34. The Morgan fingerprint density at radius 1 is 1.21 bits per heavy atom. The zero-order valence-electron chi connectivity index (χ0n) is 12.2. The minimum absolute atomic E-state index is 0.416. The number of hydrogen-bond donors (Lipinski definition) is 1. The van der Waals surface area contributed by atoms with Gasteiger partial charge in [0.25, 0.3) is 0 Å². The molecule has 0 spiro atoms. The first-order chi connectivity index (χ1) is 8.88. The summed E-state index contributed by atoms with van der Waals surface area (Å²) in [6.45, 7) is 9.32. The van der Waals surface area contributed by atoms with E-state index in [2.05, 4.69) is 47.7 Å². The van der Waals surface area contributed by atoms with Crippen LogP contribution in [0, 0.1) is 11.3 Å². The highest BCUT2D eigenvalue weighted by Crippen LogP contribution is 2.36. The smallest absolute Gasteiger partial charge is 0.0611 e. The maximum atomic E-state index is 6.13. The third-order valence-electron chi connectivity index (χ3n) is 4.29. The number of nitrogens with zero attached hydrogens (tertiary/aromatic N) is 1. The molecule has 19 heavy (non-hydrogen) atoms. The van der Waals surface area contributed by atoms with Crippen molar-refractivity contribution < 1.29 is 0 Å². The van der Waals surface area contributed by atoms with E-state index in [1.807, 2.05) is 12.1 Å². The third-order valence-corrected chi connectivity index (χ3v) is 4.78. The molecule has 1 aliphatic rings. The van der Waals surface area contributed by atoms with Crippen molar-refractivity contribution in [1.82, 2.24) is 0 Å². The standard InChI is InChI=1S/C16H25BrN2/c1-16(2,3)12-5-4-9-19(10-8-12)15-11-13(17)6-7-14(15)18/h6-7,11-12H,4-5,8-10,18H2,1-3H3. The second-order valence-electron chi connectivity index (χ2n) is 6.68. The van der Waals surface area contributed by atoms with Crippen LogP contribution in [-0.2, 0) is 0 Å². The lowest BCUT2D eigenvalue weighted by molar-refractivity contribution is 0.220. The van der Waals surface area contributed by atoms with E-state index >= 15 is 0 Å².